The minimum Gasteiger partial charge on any atom is -0.353 e. The number of amides is 2. The van der Waals surface area contributed by atoms with Gasteiger partial charge in [-0.25, -0.2) is 0 Å². The van der Waals surface area contributed by atoms with Crippen LogP contribution in [0.3, 0.4) is 0 Å². The van der Waals surface area contributed by atoms with E-state index >= 15 is 0 Å². The Morgan fingerprint density at radius 2 is 1.72 bits per heavy atom. The number of rotatable bonds is 6. The fourth-order valence-electron chi connectivity index (χ4n) is 7.26. The summed E-state index contributed by atoms with van der Waals surface area (Å²) in [6, 6.07) is 10.5. The molecule has 0 unspecified atom stereocenters. The van der Waals surface area contributed by atoms with E-state index in [0.29, 0.717) is 24.9 Å². The third-order valence-corrected chi connectivity index (χ3v) is 8.46. The van der Waals surface area contributed by atoms with Crippen molar-refractivity contribution in [2.45, 2.75) is 64.3 Å². The number of hydrogen-bond acceptors (Lipinski definition) is 2. The molecule has 4 saturated carbocycles. The Morgan fingerprint density at radius 1 is 1.10 bits per heavy atom. The summed E-state index contributed by atoms with van der Waals surface area (Å²) in [5.41, 5.74) is 1.56. The van der Waals surface area contributed by atoms with Gasteiger partial charge in [0.2, 0.25) is 11.8 Å². The Labute approximate surface area is 174 Å². The Hall–Kier alpha value is -1.84. The Kier molecular flexibility index (Phi) is 4.92. The number of carbonyl (C=O) groups excluding carboxylic acids is 2. The van der Waals surface area contributed by atoms with E-state index in [1.54, 1.807) is 0 Å². The average molecular weight is 395 g/mol. The summed E-state index contributed by atoms with van der Waals surface area (Å²) in [5.74, 6) is 2.72. The van der Waals surface area contributed by atoms with Crippen molar-refractivity contribution in [1.29, 1.82) is 0 Å². The molecule has 0 spiro atoms. The van der Waals surface area contributed by atoms with Crippen LogP contribution < -0.4 is 5.32 Å². The summed E-state index contributed by atoms with van der Waals surface area (Å²) >= 11 is 0. The van der Waals surface area contributed by atoms with Crippen LogP contribution >= 0.6 is 0 Å². The maximum atomic E-state index is 13.0. The van der Waals surface area contributed by atoms with Gasteiger partial charge in [0.15, 0.2) is 0 Å². The molecule has 0 radical (unpaired) electrons. The van der Waals surface area contributed by atoms with Gasteiger partial charge < -0.3 is 10.2 Å². The monoisotopic (exact) mass is 394 g/mol. The second-order valence-electron chi connectivity index (χ2n) is 10.5. The van der Waals surface area contributed by atoms with Gasteiger partial charge in [-0.05, 0) is 80.6 Å². The van der Waals surface area contributed by atoms with Crippen LogP contribution in [0.25, 0.3) is 0 Å². The molecule has 4 bridgehead atoms. The fraction of sp³-hybridized carbons (Fsp3) is 0.680. The smallest absolute Gasteiger partial charge is 0.225 e. The molecule has 1 aliphatic heterocycles. The van der Waals surface area contributed by atoms with Gasteiger partial charge in [-0.3, -0.25) is 9.59 Å². The van der Waals surface area contributed by atoms with E-state index in [1.165, 1.54) is 44.1 Å². The van der Waals surface area contributed by atoms with Crippen LogP contribution in [0, 0.1) is 29.1 Å². The quantitative estimate of drug-likeness (QED) is 0.798. The summed E-state index contributed by atoms with van der Waals surface area (Å²) in [5, 5.41) is 3.38. The number of likely N-dealkylation sites (tertiary alicyclic amines) is 1. The second-order valence-corrected chi connectivity index (χ2v) is 10.5. The summed E-state index contributed by atoms with van der Waals surface area (Å²) in [6.45, 7) is 3.51. The minimum absolute atomic E-state index is 0.101. The largest absolute Gasteiger partial charge is 0.353 e. The Morgan fingerprint density at radius 3 is 2.34 bits per heavy atom. The summed E-state index contributed by atoms with van der Waals surface area (Å²) < 4.78 is 0. The highest BCUT2D eigenvalue weighted by Gasteiger charge is 2.53. The van der Waals surface area contributed by atoms with Gasteiger partial charge >= 0.3 is 0 Å². The first-order chi connectivity index (χ1) is 14.0. The van der Waals surface area contributed by atoms with Crippen LogP contribution in [0.1, 0.15) is 57.4 Å². The van der Waals surface area contributed by atoms with Crippen LogP contribution in [-0.4, -0.2) is 35.8 Å². The molecule has 0 aromatic heterocycles. The molecule has 2 atom stereocenters. The maximum Gasteiger partial charge on any atom is 0.225 e. The normalized spacial score (nSPS) is 36.4. The number of carbonyl (C=O) groups is 2. The van der Waals surface area contributed by atoms with E-state index in [0.717, 1.165) is 24.2 Å². The lowest BCUT2D eigenvalue weighted by Crippen LogP contribution is -2.56. The van der Waals surface area contributed by atoms with Crippen molar-refractivity contribution in [3.8, 4) is 0 Å². The summed E-state index contributed by atoms with van der Waals surface area (Å²) in [6.07, 6.45) is 9.39. The highest BCUT2D eigenvalue weighted by atomic mass is 16.2. The Balaban J connectivity index is 1.17. The van der Waals surface area contributed by atoms with E-state index in [-0.39, 0.29) is 23.8 Å². The zero-order valence-electron chi connectivity index (χ0n) is 17.6. The number of hydrogen-bond donors (Lipinski definition) is 1. The van der Waals surface area contributed by atoms with E-state index in [9.17, 15) is 9.59 Å². The zero-order chi connectivity index (χ0) is 20.0. The van der Waals surface area contributed by atoms with Crippen molar-refractivity contribution in [3.05, 3.63) is 35.9 Å². The van der Waals surface area contributed by atoms with E-state index in [2.05, 4.69) is 24.4 Å². The fourth-order valence-corrected chi connectivity index (χ4v) is 7.26. The highest BCUT2D eigenvalue weighted by Crippen LogP contribution is 2.61. The summed E-state index contributed by atoms with van der Waals surface area (Å²) in [4.78, 5) is 27.4. The van der Waals surface area contributed by atoms with Crippen LogP contribution in [0.15, 0.2) is 30.3 Å². The molecule has 1 aromatic rings. The standard InChI is InChI=1S/C25H34N2O2/c1-17(25-13-19-9-20(14-25)11-21(10-19)15-25)26-24(29)22-12-23(28)27(16-22)8-7-18-5-3-2-4-6-18/h2-6,17,19-22H,7-16H2,1H3,(H,26,29)/t17-,19?,20?,21?,22-,25?/m0/s1. The topological polar surface area (TPSA) is 49.4 Å². The number of benzene rings is 1. The molecule has 1 heterocycles. The first-order valence-corrected chi connectivity index (χ1v) is 11.6. The molecular weight excluding hydrogens is 360 g/mol. The van der Waals surface area contributed by atoms with Crippen molar-refractivity contribution in [3.63, 3.8) is 0 Å². The van der Waals surface area contributed by atoms with E-state index in [4.69, 9.17) is 0 Å². The van der Waals surface area contributed by atoms with Crippen molar-refractivity contribution in [2.24, 2.45) is 29.1 Å². The lowest BCUT2D eigenvalue weighted by Gasteiger charge is -2.59. The molecular formula is C25H34N2O2. The van der Waals surface area contributed by atoms with Gasteiger partial charge in [0, 0.05) is 25.6 Å². The second kappa shape index (κ2) is 7.45. The molecule has 4 aliphatic carbocycles. The van der Waals surface area contributed by atoms with Gasteiger partial charge in [0.05, 0.1) is 5.92 Å². The molecule has 29 heavy (non-hydrogen) atoms. The Bertz CT molecular complexity index is 739. The number of nitrogens with zero attached hydrogens (tertiary/aromatic N) is 1. The van der Waals surface area contributed by atoms with E-state index in [1.807, 2.05) is 23.1 Å². The van der Waals surface area contributed by atoms with Crippen molar-refractivity contribution >= 4 is 11.8 Å². The molecule has 5 fully saturated rings. The lowest BCUT2D eigenvalue weighted by atomic mass is 9.48. The molecule has 1 aromatic carbocycles. The molecule has 4 nitrogen and oxygen atoms in total. The minimum atomic E-state index is -0.186. The van der Waals surface area contributed by atoms with Gasteiger partial charge in [-0.2, -0.15) is 0 Å². The third kappa shape index (κ3) is 3.71. The van der Waals surface area contributed by atoms with Crippen LogP contribution in [-0.2, 0) is 16.0 Å². The molecule has 2 amide bonds. The first-order valence-electron chi connectivity index (χ1n) is 11.6. The summed E-state index contributed by atoms with van der Waals surface area (Å²) in [7, 11) is 0. The van der Waals surface area contributed by atoms with Crippen LogP contribution in [0.5, 0.6) is 0 Å². The molecule has 1 N–H and O–H groups in total. The van der Waals surface area contributed by atoms with Crippen molar-refractivity contribution in [2.75, 3.05) is 13.1 Å². The van der Waals surface area contributed by atoms with Crippen LogP contribution in [0.2, 0.25) is 0 Å². The predicted octanol–water partition coefficient (Wildman–Crippen LogP) is 3.80. The molecule has 4 heteroatoms. The highest BCUT2D eigenvalue weighted by molar-refractivity contribution is 5.89. The SMILES string of the molecule is C[C@H](NC(=O)[C@H]1CC(=O)N(CCc2ccccc2)C1)C12CC3CC(CC(C3)C1)C2. The lowest BCUT2D eigenvalue weighted by molar-refractivity contribution is -0.131. The van der Waals surface area contributed by atoms with Crippen molar-refractivity contribution in [1.82, 2.24) is 10.2 Å². The molecule has 156 valence electrons. The maximum absolute atomic E-state index is 13.0. The third-order valence-electron chi connectivity index (χ3n) is 8.46. The first kappa shape index (κ1) is 19.1. The molecule has 1 saturated heterocycles. The predicted molar refractivity (Wildman–Crippen MR) is 113 cm³/mol. The van der Waals surface area contributed by atoms with Crippen molar-refractivity contribution < 1.29 is 9.59 Å². The average Bonchev–Trinajstić information content (AvgIpc) is 3.07. The molecule has 5 aliphatic rings. The van der Waals surface area contributed by atoms with Gasteiger partial charge in [-0.1, -0.05) is 30.3 Å². The zero-order valence-corrected chi connectivity index (χ0v) is 17.6. The van der Waals surface area contributed by atoms with Gasteiger partial charge in [0.25, 0.3) is 0 Å². The van der Waals surface area contributed by atoms with Gasteiger partial charge in [-0.15, -0.1) is 0 Å². The van der Waals surface area contributed by atoms with Crippen LogP contribution in [0.4, 0.5) is 0 Å². The molecule has 6 rings (SSSR count). The van der Waals surface area contributed by atoms with E-state index < -0.39 is 0 Å². The number of nitrogens with one attached hydrogen (secondary N) is 1. The van der Waals surface area contributed by atoms with Gasteiger partial charge in [0.1, 0.15) is 0 Å².